The monoisotopic (exact) mass is 416 g/mol. The number of aromatic nitrogens is 2. The summed E-state index contributed by atoms with van der Waals surface area (Å²) < 4.78 is 35.3. The van der Waals surface area contributed by atoms with E-state index in [0.29, 0.717) is 5.56 Å². The van der Waals surface area contributed by atoms with Gasteiger partial charge in [-0.25, -0.2) is 13.6 Å². The van der Waals surface area contributed by atoms with E-state index in [1.165, 1.54) is 10.6 Å². The number of aromatic amines is 1. The van der Waals surface area contributed by atoms with Gasteiger partial charge in [0.15, 0.2) is 0 Å². The van der Waals surface area contributed by atoms with Gasteiger partial charge in [0.25, 0.3) is 5.56 Å². The molecule has 0 saturated heterocycles. The molecule has 0 atom stereocenters. The highest BCUT2D eigenvalue weighted by molar-refractivity contribution is 7.99. The van der Waals surface area contributed by atoms with Gasteiger partial charge in [-0.2, -0.15) is 0 Å². The van der Waals surface area contributed by atoms with E-state index in [4.69, 9.17) is 4.74 Å². The highest BCUT2D eigenvalue weighted by Crippen LogP contribution is 2.44. The number of halogens is 2. The lowest BCUT2D eigenvalue weighted by molar-refractivity contribution is 0.0550. The first-order chi connectivity index (χ1) is 14.0. The molecule has 4 rings (SSSR count). The smallest absolute Gasteiger partial charge is 0.331 e. The minimum atomic E-state index is -0.749. The molecule has 0 bridgehead atoms. The maximum absolute atomic E-state index is 14.2. The van der Waals surface area contributed by atoms with Gasteiger partial charge >= 0.3 is 5.69 Å². The van der Waals surface area contributed by atoms with E-state index in [9.17, 15) is 18.4 Å². The van der Waals surface area contributed by atoms with Crippen LogP contribution in [0.1, 0.15) is 29.9 Å². The Morgan fingerprint density at radius 1 is 1.03 bits per heavy atom. The Balaban J connectivity index is 1.71. The molecule has 3 aromatic rings. The molecule has 29 heavy (non-hydrogen) atoms. The van der Waals surface area contributed by atoms with Crippen LogP contribution in [-0.2, 0) is 18.1 Å². The lowest BCUT2D eigenvalue weighted by Gasteiger charge is -2.16. The number of hydrogen-bond donors (Lipinski definition) is 1. The molecule has 8 heteroatoms. The Hall–Kier alpha value is -2.71. The molecule has 1 aliphatic rings. The van der Waals surface area contributed by atoms with Crippen LogP contribution in [0.5, 0.6) is 0 Å². The van der Waals surface area contributed by atoms with Gasteiger partial charge in [-0.1, -0.05) is 48.2 Å². The molecule has 5 nitrogen and oxygen atoms in total. The molecular weight excluding hydrogens is 398 g/mol. The summed E-state index contributed by atoms with van der Waals surface area (Å²) >= 11 is 0.750. The van der Waals surface area contributed by atoms with Crippen LogP contribution in [0.4, 0.5) is 8.78 Å². The van der Waals surface area contributed by atoms with Crippen LogP contribution < -0.4 is 11.2 Å². The highest BCUT2D eigenvalue weighted by atomic mass is 32.2. The van der Waals surface area contributed by atoms with Crippen molar-refractivity contribution in [3.63, 3.8) is 0 Å². The molecule has 0 aliphatic heterocycles. The van der Waals surface area contributed by atoms with Crippen molar-refractivity contribution in [1.82, 2.24) is 9.55 Å². The number of hydrogen-bond acceptors (Lipinski definition) is 4. The maximum Gasteiger partial charge on any atom is 0.331 e. The molecule has 0 amide bonds. The first-order valence-corrected chi connectivity index (χ1v) is 9.97. The maximum atomic E-state index is 14.2. The molecule has 0 radical (unpaired) electrons. The Bertz CT molecular complexity index is 1120. The Morgan fingerprint density at radius 2 is 1.72 bits per heavy atom. The second-order valence-electron chi connectivity index (χ2n) is 6.80. The second kappa shape index (κ2) is 8.34. The van der Waals surface area contributed by atoms with Crippen LogP contribution in [0.15, 0.2) is 68.0 Å². The van der Waals surface area contributed by atoms with Crippen molar-refractivity contribution in [2.45, 2.75) is 42.0 Å². The summed E-state index contributed by atoms with van der Waals surface area (Å²) in [4.78, 5) is 27.0. The topological polar surface area (TPSA) is 64.1 Å². The summed E-state index contributed by atoms with van der Waals surface area (Å²) in [5, 5.41) is 0.221. The zero-order valence-electron chi connectivity index (χ0n) is 15.4. The van der Waals surface area contributed by atoms with E-state index in [-0.39, 0.29) is 29.2 Å². The van der Waals surface area contributed by atoms with Crippen LogP contribution >= 0.6 is 11.8 Å². The zero-order valence-corrected chi connectivity index (χ0v) is 16.2. The molecule has 1 heterocycles. The molecular formula is C21H18F2N2O3S. The lowest BCUT2D eigenvalue weighted by atomic mass is 10.2. The summed E-state index contributed by atoms with van der Waals surface area (Å²) in [6.07, 6.45) is 1.58. The molecule has 0 spiro atoms. The standard InChI is InChI=1S/C21H18F2N2O3S/c22-15-7-4-8-16(23)18(15)29-20-17(14-9-10-14)19(26)24-21(27)25(20)12-28-11-13-5-2-1-3-6-13/h1-8,14H,9-12H2,(H,24,26,27). The van der Waals surface area contributed by atoms with Crippen molar-refractivity contribution in [3.05, 3.63) is 92.1 Å². The first kappa shape index (κ1) is 19.6. The van der Waals surface area contributed by atoms with Crippen molar-refractivity contribution in [2.75, 3.05) is 0 Å². The normalized spacial score (nSPS) is 13.6. The number of H-pyrrole nitrogens is 1. The number of rotatable bonds is 7. The summed E-state index contributed by atoms with van der Waals surface area (Å²) in [6.45, 7) is 0.103. The Labute approximate surface area is 169 Å². The number of nitrogens with one attached hydrogen (secondary N) is 1. The van der Waals surface area contributed by atoms with E-state index >= 15 is 0 Å². The minimum absolute atomic E-state index is 0.0305. The number of ether oxygens (including phenoxy) is 1. The molecule has 1 aliphatic carbocycles. The molecule has 2 aromatic carbocycles. The third-order valence-corrected chi connectivity index (χ3v) is 5.85. The highest BCUT2D eigenvalue weighted by Gasteiger charge is 2.32. The Kier molecular flexibility index (Phi) is 5.64. The van der Waals surface area contributed by atoms with Crippen LogP contribution in [0, 0.1) is 11.6 Å². The summed E-state index contributed by atoms with van der Waals surface area (Å²) in [5.41, 5.74) is 0.102. The fourth-order valence-electron chi connectivity index (χ4n) is 3.03. The van der Waals surface area contributed by atoms with Gasteiger partial charge in [-0.3, -0.25) is 14.3 Å². The van der Waals surface area contributed by atoms with E-state index in [0.717, 1.165) is 42.3 Å². The molecule has 1 aromatic heterocycles. The average molecular weight is 416 g/mol. The lowest BCUT2D eigenvalue weighted by Crippen LogP contribution is -2.34. The van der Waals surface area contributed by atoms with Gasteiger partial charge in [-0.05, 0) is 36.5 Å². The van der Waals surface area contributed by atoms with Crippen molar-refractivity contribution < 1.29 is 13.5 Å². The third kappa shape index (κ3) is 4.33. The summed E-state index contributed by atoms with van der Waals surface area (Å²) in [7, 11) is 0. The Morgan fingerprint density at radius 3 is 2.38 bits per heavy atom. The van der Waals surface area contributed by atoms with E-state index in [1.807, 2.05) is 30.3 Å². The van der Waals surface area contributed by atoms with Crippen molar-refractivity contribution in [2.24, 2.45) is 0 Å². The second-order valence-corrected chi connectivity index (χ2v) is 7.80. The molecule has 1 fully saturated rings. The zero-order chi connectivity index (χ0) is 20.4. The van der Waals surface area contributed by atoms with Crippen LogP contribution in [-0.4, -0.2) is 9.55 Å². The van der Waals surface area contributed by atoms with Crippen LogP contribution in [0.25, 0.3) is 0 Å². The summed E-state index contributed by atoms with van der Waals surface area (Å²) in [5.74, 6) is -1.53. The average Bonchev–Trinajstić information content (AvgIpc) is 3.52. The van der Waals surface area contributed by atoms with Crippen LogP contribution in [0.3, 0.4) is 0 Å². The number of nitrogens with zero attached hydrogens (tertiary/aromatic N) is 1. The van der Waals surface area contributed by atoms with Gasteiger partial charge in [0, 0.05) is 0 Å². The third-order valence-electron chi connectivity index (χ3n) is 4.62. The van der Waals surface area contributed by atoms with Crippen molar-refractivity contribution >= 4 is 11.8 Å². The predicted octanol–water partition coefficient (Wildman–Crippen LogP) is 4.02. The molecule has 150 valence electrons. The van der Waals surface area contributed by atoms with Crippen molar-refractivity contribution in [3.8, 4) is 0 Å². The molecule has 1 saturated carbocycles. The van der Waals surface area contributed by atoms with E-state index in [2.05, 4.69) is 4.98 Å². The van der Waals surface area contributed by atoms with E-state index < -0.39 is 22.9 Å². The van der Waals surface area contributed by atoms with Gasteiger partial charge in [0.2, 0.25) is 0 Å². The van der Waals surface area contributed by atoms with Gasteiger partial charge in [0.1, 0.15) is 18.4 Å². The fraction of sp³-hybridized carbons (Fsp3) is 0.238. The number of benzene rings is 2. The molecule has 0 unspecified atom stereocenters. The van der Waals surface area contributed by atoms with Gasteiger partial charge in [0.05, 0.1) is 22.1 Å². The van der Waals surface area contributed by atoms with Crippen molar-refractivity contribution in [1.29, 1.82) is 0 Å². The van der Waals surface area contributed by atoms with Crippen LogP contribution in [0.2, 0.25) is 0 Å². The predicted molar refractivity (Wildman–Crippen MR) is 105 cm³/mol. The summed E-state index contributed by atoms with van der Waals surface area (Å²) in [6, 6.07) is 13.0. The quantitative estimate of drug-likeness (QED) is 0.591. The van der Waals surface area contributed by atoms with Gasteiger partial charge < -0.3 is 4.74 Å². The SMILES string of the molecule is O=c1[nH]c(=O)n(COCc2ccccc2)c(Sc2c(F)cccc2F)c1C1CC1. The minimum Gasteiger partial charge on any atom is -0.356 e. The fourth-order valence-corrected chi connectivity index (χ4v) is 4.17. The first-order valence-electron chi connectivity index (χ1n) is 9.15. The van der Waals surface area contributed by atoms with Gasteiger partial charge in [-0.15, -0.1) is 0 Å². The molecule has 1 N–H and O–H groups in total. The van der Waals surface area contributed by atoms with E-state index in [1.54, 1.807) is 0 Å². The largest absolute Gasteiger partial charge is 0.356 e.